The zero-order valence-corrected chi connectivity index (χ0v) is 12.6. The molecule has 0 aliphatic rings. The van der Waals surface area contributed by atoms with Gasteiger partial charge in [0.15, 0.2) is 0 Å². The molecule has 0 fully saturated rings. The minimum atomic E-state index is -3.50. The number of pyridine rings is 1. The summed E-state index contributed by atoms with van der Waals surface area (Å²) in [5.41, 5.74) is 8.06. The van der Waals surface area contributed by atoms with Gasteiger partial charge in [-0.1, -0.05) is 12.1 Å². The van der Waals surface area contributed by atoms with Crippen molar-refractivity contribution < 1.29 is 8.42 Å². The number of sulfonamides is 1. The average Bonchev–Trinajstić information content (AvgIpc) is 3.01. The van der Waals surface area contributed by atoms with Gasteiger partial charge in [-0.3, -0.25) is 0 Å². The predicted molar refractivity (Wildman–Crippen MR) is 85.8 cm³/mol. The molecule has 0 spiro atoms. The summed E-state index contributed by atoms with van der Waals surface area (Å²) in [6.45, 7) is 0.484. The van der Waals surface area contributed by atoms with E-state index in [9.17, 15) is 8.42 Å². The predicted octanol–water partition coefficient (Wildman–Crippen LogP) is 1.47. The summed E-state index contributed by atoms with van der Waals surface area (Å²) in [7, 11) is -3.50. The first kappa shape index (κ1) is 14.7. The second kappa shape index (κ2) is 5.88. The van der Waals surface area contributed by atoms with Crippen molar-refractivity contribution in [2.24, 2.45) is 5.73 Å². The van der Waals surface area contributed by atoms with Crippen LogP contribution in [-0.4, -0.2) is 31.5 Å². The molecule has 114 valence electrons. The Morgan fingerprint density at radius 3 is 2.64 bits per heavy atom. The Balaban J connectivity index is 1.97. The lowest BCUT2D eigenvalue weighted by atomic mass is 10.0. The van der Waals surface area contributed by atoms with E-state index >= 15 is 0 Å². The van der Waals surface area contributed by atoms with Crippen molar-refractivity contribution in [2.45, 2.75) is 4.90 Å². The second-order valence-corrected chi connectivity index (χ2v) is 6.58. The van der Waals surface area contributed by atoms with E-state index in [1.807, 2.05) is 18.3 Å². The van der Waals surface area contributed by atoms with E-state index in [1.54, 1.807) is 30.5 Å². The molecule has 3 rings (SSSR count). The zero-order valence-electron chi connectivity index (χ0n) is 11.8. The van der Waals surface area contributed by atoms with Crippen molar-refractivity contribution in [3.05, 3.63) is 48.8 Å². The van der Waals surface area contributed by atoms with Gasteiger partial charge in [0, 0.05) is 30.9 Å². The Morgan fingerprint density at radius 1 is 1.14 bits per heavy atom. The smallest absolute Gasteiger partial charge is 0.240 e. The highest BCUT2D eigenvalue weighted by Gasteiger charge is 2.13. The van der Waals surface area contributed by atoms with E-state index in [-0.39, 0.29) is 18.0 Å². The molecule has 4 N–H and O–H groups in total. The Morgan fingerprint density at radius 2 is 1.91 bits per heavy atom. The van der Waals surface area contributed by atoms with Gasteiger partial charge in [0.05, 0.1) is 4.90 Å². The first-order valence-corrected chi connectivity index (χ1v) is 8.32. The number of fused-ring (bicyclic) bond motifs is 1. The Kier molecular flexibility index (Phi) is 3.93. The van der Waals surface area contributed by atoms with Crippen LogP contribution in [-0.2, 0) is 10.0 Å². The third-order valence-electron chi connectivity index (χ3n) is 3.37. The first-order chi connectivity index (χ1) is 10.6. The Bertz CT molecular complexity index is 885. The van der Waals surface area contributed by atoms with Crippen LogP contribution in [0.15, 0.2) is 53.7 Å². The SMILES string of the molecule is NCCNS(=O)(=O)c1ccc(-c2ccnc3[nH]ccc23)cc1. The third-order valence-corrected chi connectivity index (χ3v) is 4.85. The van der Waals surface area contributed by atoms with E-state index in [1.165, 1.54) is 0 Å². The van der Waals surface area contributed by atoms with E-state index < -0.39 is 10.0 Å². The van der Waals surface area contributed by atoms with Gasteiger partial charge in [-0.05, 0) is 35.4 Å². The second-order valence-electron chi connectivity index (χ2n) is 4.81. The van der Waals surface area contributed by atoms with Gasteiger partial charge in [-0.15, -0.1) is 0 Å². The quantitative estimate of drug-likeness (QED) is 0.663. The van der Waals surface area contributed by atoms with Crippen molar-refractivity contribution in [2.75, 3.05) is 13.1 Å². The molecule has 0 aliphatic carbocycles. The molecule has 6 nitrogen and oxygen atoms in total. The normalized spacial score (nSPS) is 11.9. The highest BCUT2D eigenvalue weighted by atomic mass is 32.2. The average molecular weight is 316 g/mol. The van der Waals surface area contributed by atoms with Crippen LogP contribution in [0, 0.1) is 0 Å². The molecule has 0 saturated heterocycles. The minimum absolute atomic E-state index is 0.221. The monoisotopic (exact) mass is 316 g/mol. The van der Waals surface area contributed by atoms with Crippen LogP contribution in [0.4, 0.5) is 0 Å². The van der Waals surface area contributed by atoms with Gasteiger partial charge in [-0.2, -0.15) is 0 Å². The molecule has 0 atom stereocenters. The number of benzene rings is 1. The number of aromatic nitrogens is 2. The van der Waals surface area contributed by atoms with E-state index in [0.717, 1.165) is 22.2 Å². The van der Waals surface area contributed by atoms with Crippen molar-refractivity contribution in [3.63, 3.8) is 0 Å². The molecular weight excluding hydrogens is 300 g/mol. The van der Waals surface area contributed by atoms with Gasteiger partial charge in [-0.25, -0.2) is 18.1 Å². The standard InChI is InChI=1S/C15H16N4O2S/c16-7-10-19-22(20,21)12-3-1-11(2-4-12)13-5-8-17-15-14(13)6-9-18-15/h1-6,8-9,19H,7,10,16H2,(H,17,18). The van der Waals surface area contributed by atoms with E-state index in [0.29, 0.717) is 0 Å². The van der Waals surface area contributed by atoms with Crippen LogP contribution in [0.25, 0.3) is 22.2 Å². The lowest BCUT2D eigenvalue weighted by molar-refractivity contribution is 0.582. The highest BCUT2D eigenvalue weighted by Crippen LogP contribution is 2.27. The molecular formula is C15H16N4O2S. The van der Waals surface area contributed by atoms with Crippen LogP contribution in [0.1, 0.15) is 0 Å². The summed E-state index contributed by atoms with van der Waals surface area (Å²) in [6, 6.07) is 10.6. The van der Waals surface area contributed by atoms with Crippen LogP contribution >= 0.6 is 0 Å². The topological polar surface area (TPSA) is 101 Å². The maximum atomic E-state index is 12.0. The van der Waals surface area contributed by atoms with Crippen LogP contribution < -0.4 is 10.5 Å². The molecule has 0 saturated carbocycles. The maximum Gasteiger partial charge on any atom is 0.240 e. The molecule has 7 heteroatoms. The Labute approximate surface area is 128 Å². The van der Waals surface area contributed by atoms with Gasteiger partial charge in [0.25, 0.3) is 0 Å². The number of hydrogen-bond donors (Lipinski definition) is 3. The first-order valence-electron chi connectivity index (χ1n) is 6.84. The van der Waals surface area contributed by atoms with Crippen LogP contribution in [0.3, 0.4) is 0 Å². The number of rotatable bonds is 5. The largest absolute Gasteiger partial charge is 0.346 e. The molecule has 0 radical (unpaired) electrons. The van der Waals surface area contributed by atoms with E-state index in [4.69, 9.17) is 5.73 Å². The van der Waals surface area contributed by atoms with Crippen molar-refractivity contribution in [3.8, 4) is 11.1 Å². The number of hydrogen-bond acceptors (Lipinski definition) is 4. The number of aromatic amines is 1. The number of H-pyrrole nitrogens is 1. The highest BCUT2D eigenvalue weighted by molar-refractivity contribution is 7.89. The third kappa shape index (κ3) is 2.74. The van der Waals surface area contributed by atoms with Crippen molar-refractivity contribution in [1.82, 2.24) is 14.7 Å². The fourth-order valence-corrected chi connectivity index (χ4v) is 3.35. The fraction of sp³-hybridized carbons (Fsp3) is 0.133. The molecule has 0 amide bonds. The summed E-state index contributed by atoms with van der Waals surface area (Å²) in [6.07, 6.45) is 3.55. The molecule has 1 aromatic carbocycles. The molecule has 0 unspecified atom stereocenters. The van der Waals surface area contributed by atoms with Crippen LogP contribution in [0.2, 0.25) is 0 Å². The molecule has 0 aliphatic heterocycles. The lowest BCUT2D eigenvalue weighted by Crippen LogP contribution is -2.29. The van der Waals surface area contributed by atoms with Gasteiger partial charge >= 0.3 is 0 Å². The molecule has 0 bridgehead atoms. The van der Waals surface area contributed by atoms with Crippen molar-refractivity contribution in [1.29, 1.82) is 0 Å². The van der Waals surface area contributed by atoms with Crippen LogP contribution in [0.5, 0.6) is 0 Å². The molecule has 22 heavy (non-hydrogen) atoms. The minimum Gasteiger partial charge on any atom is -0.346 e. The Hall–Kier alpha value is -2.22. The number of nitrogens with one attached hydrogen (secondary N) is 2. The summed E-state index contributed by atoms with van der Waals surface area (Å²) >= 11 is 0. The summed E-state index contributed by atoms with van der Waals surface area (Å²) in [5, 5.41) is 0.999. The van der Waals surface area contributed by atoms with E-state index in [2.05, 4.69) is 14.7 Å². The molecule has 2 heterocycles. The van der Waals surface area contributed by atoms with Gasteiger partial charge in [0.1, 0.15) is 5.65 Å². The molecule has 2 aromatic heterocycles. The summed E-state index contributed by atoms with van der Waals surface area (Å²) in [5.74, 6) is 0. The van der Waals surface area contributed by atoms with Gasteiger partial charge < -0.3 is 10.7 Å². The van der Waals surface area contributed by atoms with Crippen molar-refractivity contribution >= 4 is 21.1 Å². The summed E-state index contributed by atoms with van der Waals surface area (Å²) < 4.78 is 26.5. The number of nitrogens with two attached hydrogens (primary N) is 1. The molecule has 3 aromatic rings. The van der Waals surface area contributed by atoms with Gasteiger partial charge in [0.2, 0.25) is 10.0 Å². The zero-order chi connectivity index (χ0) is 15.6. The number of nitrogens with zero attached hydrogens (tertiary/aromatic N) is 1. The summed E-state index contributed by atoms with van der Waals surface area (Å²) in [4.78, 5) is 7.53. The lowest BCUT2D eigenvalue weighted by Gasteiger charge is -2.07. The maximum absolute atomic E-state index is 12.0. The fourth-order valence-electron chi connectivity index (χ4n) is 2.30.